The van der Waals surface area contributed by atoms with Crippen LogP contribution in [0.4, 0.5) is 0 Å². The van der Waals surface area contributed by atoms with Gasteiger partial charge in [-0.1, -0.05) is 18.2 Å². The Balaban J connectivity index is 1.50. The van der Waals surface area contributed by atoms with Gasteiger partial charge in [-0.05, 0) is 52.6 Å². The van der Waals surface area contributed by atoms with Gasteiger partial charge in [-0.15, -0.1) is 10.2 Å². The Morgan fingerprint density at radius 2 is 1.81 bits per heavy atom. The standard InChI is InChI=1S/C20H25N5O/c1-12(2)25-17-7-5-4-6-16(17)18(23-25)20-22-21-19(26-20)13-10-14-8-9-15(11-13)24(14)3/h4-7,12-15H,8-11H2,1-3H3. The highest BCUT2D eigenvalue weighted by Gasteiger charge is 2.40. The van der Waals surface area contributed by atoms with Gasteiger partial charge >= 0.3 is 0 Å². The first-order valence-electron chi connectivity index (χ1n) is 9.64. The van der Waals surface area contributed by atoms with E-state index in [2.05, 4.69) is 48.1 Å². The second kappa shape index (κ2) is 5.91. The topological polar surface area (TPSA) is 60.0 Å². The molecular weight excluding hydrogens is 326 g/mol. The van der Waals surface area contributed by atoms with E-state index in [-0.39, 0.29) is 6.04 Å². The summed E-state index contributed by atoms with van der Waals surface area (Å²) >= 11 is 0. The number of piperidine rings is 1. The second-order valence-corrected chi connectivity index (χ2v) is 8.07. The molecule has 3 aromatic rings. The van der Waals surface area contributed by atoms with Crippen molar-refractivity contribution in [1.29, 1.82) is 0 Å². The van der Waals surface area contributed by atoms with Gasteiger partial charge in [0.1, 0.15) is 0 Å². The molecule has 0 saturated carbocycles. The van der Waals surface area contributed by atoms with Crippen molar-refractivity contribution >= 4 is 10.9 Å². The van der Waals surface area contributed by atoms with E-state index in [1.165, 1.54) is 12.8 Å². The largest absolute Gasteiger partial charge is 0.419 e. The molecule has 136 valence electrons. The molecule has 26 heavy (non-hydrogen) atoms. The number of fused-ring (bicyclic) bond motifs is 3. The Bertz CT molecular complexity index is 929. The minimum atomic E-state index is 0.278. The van der Waals surface area contributed by atoms with Crippen LogP contribution in [0, 0.1) is 0 Å². The van der Waals surface area contributed by atoms with E-state index < -0.39 is 0 Å². The van der Waals surface area contributed by atoms with E-state index in [0.29, 0.717) is 23.9 Å². The van der Waals surface area contributed by atoms with Crippen molar-refractivity contribution in [1.82, 2.24) is 24.9 Å². The van der Waals surface area contributed by atoms with Gasteiger partial charge < -0.3 is 9.32 Å². The van der Waals surface area contributed by atoms with E-state index >= 15 is 0 Å². The third-order valence-corrected chi connectivity index (χ3v) is 6.19. The molecule has 0 spiro atoms. The first kappa shape index (κ1) is 16.0. The molecule has 5 rings (SSSR count). The molecule has 0 aliphatic carbocycles. The molecule has 2 aromatic heterocycles. The minimum absolute atomic E-state index is 0.278. The molecule has 2 bridgehead atoms. The quantitative estimate of drug-likeness (QED) is 0.713. The fraction of sp³-hybridized carbons (Fsp3) is 0.550. The zero-order chi connectivity index (χ0) is 17.8. The number of hydrogen-bond acceptors (Lipinski definition) is 5. The van der Waals surface area contributed by atoms with Crippen LogP contribution in [0.3, 0.4) is 0 Å². The summed E-state index contributed by atoms with van der Waals surface area (Å²) < 4.78 is 8.19. The van der Waals surface area contributed by atoms with Crippen LogP contribution in [-0.4, -0.2) is 44.0 Å². The predicted molar refractivity (Wildman–Crippen MR) is 100.0 cm³/mol. The summed E-state index contributed by atoms with van der Waals surface area (Å²) in [6, 6.07) is 9.85. The predicted octanol–water partition coefficient (Wildman–Crippen LogP) is 4.01. The molecule has 0 amide bonds. The SMILES string of the molecule is CC(C)n1nc(-c2nnc(C3CC4CCC(C3)N4C)o2)c2ccccc21. The third-order valence-electron chi connectivity index (χ3n) is 6.19. The summed E-state index contributed by atoms with van der Waals surface area (Å²) in [5, 5.41) is 14.6. The summed E-state index contributed by atoms with van der Waals surface area (Å²) in [5.74, 6) is 1.71. The average Bonchev–Trinajstić information content (AvgIpc) is 3.30. The molecule has 6 nitrogen and oxygen atoms in total. The summed E-state index contributed by atoms with van der Waals surface area (Å²) in [7, 11) is 2.25. The molecule has 2 atom stereocenters. The zero-order valence-electron chi connectivity index (χ0n) is 15.6. The highest BCUT2D eigenvalue weighted by molar-refractivity contribution is 5.91. The Kier molecular flexibility index (Phi) is 3.64. The Labute approximate surface area is 153 Å². The molecule has 2 aliphatic heterocycles. The monoisotopic (exact) mass is 351 g/mol. The molecule has 6 heteroatoms. The summed E-state index contributed by atoms with van der Waals surface area (Å²) in [5.41, 5.74) is 1.90. The zero-order valence-corrected chi connectivity index (χ0v) is 15.6. The van der Waals surface area contributed by atoms with Gasteiger partial charge in [0.25, 0.3) is 5.89 Å². The maximum atomic E-state index is 6.15. The highest BCUT2D eigenvalue weighted by Crippen LogP contribution is 2.42. The number of benzene rings is 1. The molecule has 2 aliphatic rings. The van der Waals surface area contributed by atoms with Crippen molar-refractivity contribution in [2.75, 3.05) is 7.05 Å². The van der Waals surface area contributed by atoms with Gasteiger partial charge in [0.2, 0.25) is 5.89 Å². The Hall–Kier alpha value is -2.21. The normalized spacial score (nSPS) is 26.2. The van der Waals surface area contributed by atoms with Gasteiger partial charge in [-0.3, -0.25) is 4.68 Å². The van der Waals surface area contributed by atoms with Crippen LogP contribution in [0.15, 0.2) is 28.7 Å². The van der Waals surface area contributed by atoms with Crippen LogP contribution in [0.5, 0.6) is 0 Å². The van der Waals surface area contributed by atoms with Gasteiger partial charge in [0.15, 0.2) is 5.69 Å². The molecule has 0 N–H and O–H groups in total. The number of rotatable bonds is 3. The lowest BCUT2D eigenvalue weighted by atomic mass is 9.91. The van der Waals surface area contributed by atoms with Crippen LogP contribution in [0.1, 0.15) is 57.4 Å². The fourth-order valence-corrected chi connectivity index (χ4v) is 4.75. The second-order valence-electron chi connectivity index (χ2n) is 8.07. The fourth-order valence-electron chi connectivity index (χ4n) is 4.75. The van der Waals surface area contributed by atoms with E-state index in [9.17, 15) is 0 Å². The maximum absolute atomic E-state index is 6.15. The lowest BCUT2D eigenvalue weighted by molar-refractivity contribution is 0.151. The van der Waals surface area contributed by atoms with Crippen LogP contribution in [0.2, 0.25) is 0 Å². The Morgan fingerprint density at radius 1 is 1.08 bits per heavy atom. The van der Waals surface area contributed by atoms with E-state index in [0.717, 1.165) is 35.3 Å². The maximum Gasteiger partial charge on any atom is 0.268 e. The lowest BCUT2D eigenvalue weighted by Crippen LogP contribution is -2.39. The molecule has 0 radical (unpaired) electrons. The van der Waals surface area contributed by atoms with Crippen LogP contribution < -0.4 is 0 Å². The lowest BCUT2D eigenvalue weighted by Gasteiger charge is -2.34. The van der Waals surface area contributed by atoms with E-state index in [4.69, 9.17) is 9.52 Å². The molecule has 2 unspecified atom stereocenters. The summed E-state index contributed by atoms with van der Waals surface area (Å²) in [6.45, 7) is 4.27. The van der Waals surface area contributed by atoms with Gasteiger partial charge in [-0.2, -0.15) is 5.10 Å². The summed E-state index contributed by atoms with van der Waals surface area (Å²) in [6.07, 6.45) is 4.83. The first-order chi connectivity index (χ1) is 12.6. The van der Waals surface area contributed by atoms with Crippen molar-refractivity contribution in [3.63, 3.8) is 0 Å². The Morgan fingerprint density at radius 3 is 2.54 bits per heavy atom. The third kappa shape index (κ3) is 2.39. The van der Waals surface area contributed by atoms with Crippen LogP contribution in [-0.2, 0) is 0 Å². The van der Waals surface area contributed by atoms with E-state index in [1.54, 1.807) is 0 Å². The number of nitrogens with zero attached hydrogens (tertiary/aromatic N) is 5. The molecule has 2 fully saturated rings. The average molecular weight is 351 g/mol. The summed E-state index contributed by atoms with van der Waals surface area (Å²) in [4.78, 5) is 2.53. The first-order valence-corrected chi connectivity index (χ1v) is 9.64. The molecule has 1 aromatic carbocycles. The van der Waals surface area contributed by atoms with Crippen molar-refractivity contribution < 1.29 is 4.42 Å². The van der Waals surface area contributed by atoms with Gasteiger partial charge in [0.05, 0.1) is 5.52 Å². The minimum Gasteiger partial charge on any atom is -0.419 e. The van der Waals surface area contributed by atoms with Crippen LogP contribution >= 0.6 is 0 Å². The van der Waals surface area contributed by atoms with Crippen molar-refractivity contribution in [3.05, 3.63) is 30.2 Å². The molecule has 2 saturated heterocycles. The molecule has 4 heterocycles. The smallest absolute Gasteiger partial charge is 0.268 e. The number of aromatic nitrogens is 4. The van der Waals surface area contributed by atoms with E-state index in [1.807, 2.05) is 16.8 Å². The number of hydrogen-bond donors (Lipinski definition) is 0. The number of para-hydroxylation sites is 1. The van der Waals surface area contributed by atoms with Crippen molar-refractivity contribution in [3.8, 4) is 11.6 Å². The van der Waals surface area contributed by atoms with Gasteiger partial charge in [0, 0.05) is 29.4 Å². The highest BCUT2D eigenvalue weighted by atomic mass is 16.4. The molecular formula is C20H25N5O. The van der Waals surface area contributed by atoms with Crippen molar-refractivity contribution in [2.45, 2.75) is 63.6 Å². The van der Waals surface area contributed by atoms with Crippen molar-refractivity contribution in [2.24, 2.45) is 0 Å². The van der Waals surface area contributed by atoms with Crippen LogP contribution in [0.25, 0.3) is 22.5 Å². The van der Waals surface area contributed by atoms with Gasteiger partial charge in [-0.25, -0.2) is 0 Å².